The quantitative estimate of drug-likeness (QED) is 0.511. The first-order valence-electron chi connectivity index (χ1n) is 4.52. The molecule has 1 amide bonds. The van der Waals surface area contributed by atoms with E-state index in [9.17, 15) is 9.59 Å². The second kappa shape index (κ2) is 3.80. The molecule has 0 saturated carbocycles. The first kappa shape index (κ1) is 10.4. The van der Waals surface area contributed by atoms with Gasteiger partial charge in [-0.2, -0.15) is 4.99 Å². The molecular weight excluding hydrogens is 214 g/mol. The second-order valence-corrected chi connectivity index (χ2v) is 3.15. The van der Waals surface area contributed by atoms with Crippen LogP contribution in [0, 0.1) is 5.92 Å². The molecule has 0 N–H and O–H groups in total. The molecule has 0 fully saturated rings. The summed E-state index contributed by atoms with van der Waals surface area (Å²) in [5.74, 6) is -0.528. The monoisotopic (exact) mass is 223 g/mol. The summed E-state index contributed by atoms with van der Waals surface area (Å²) in [5, 5.41) is 0. The van der Waals surface area contributed by atoms with Crippen molar-refractivity contribution in [1.82, 2.24) is 0 Å². The lowest BCUT2D eigenvalue weighted by Gasteiger charge is -2.22. The van der Waals surface area contributed by atoms with Crippen LogP contribution in [0.2, 0.25) is 0 Å². The zero-order chi connectivity index (χ0) is 11.7. The van der Waals surface area contributed by atoms with Gasteiger partial charge in [0, 0.05) is 6.08 Å². The molecular formula is C10H9NO5. The number of carbonyl (C=O) groups excluding carboxylic acids is 2. The number of carbonyl (C=O) groups is 2. The third-order valence-electron chi connectivity index (χ3n) is 2.26. The van der Waals surface area contributed by atoms with Crippen molar-refractivity contribution in [1.29, 1.82) is 0 Å². The van der Waals surface area contributed by atoms with Crippen molar-refractivity contribution >= 4 is 17.8 Å². The molecule has 6 nitrogen and oxygen atoms in total. The summed E-state index contributed by atoms with van der Waals surface area (Å²) in [4.78, 5) is 25.9. The average molecular weight is 223 g/mol. The lowest BCUT2D eigenvalue weighted by Crippen LogP contribution is -2.33. The Morgan fingerprint density at radius 1 is 1.25 bits per heavy atom. The van der Waals surface area contributed by atoms with Gasteiger partial charge in [-0.1, -0.05) is 0 Å². The predicted molar refractivity (Wildman–Crippen MR) is 52.6 cm³/mol. The van der Waals surface area contributed by atoms with Crippen molar-refractivity contribution < 1.29 is 23.8 Å². The first-order chi connectivity index (χ1) is 7.65. The molecule has 0 radical (unpaired) electrons. The number of rotatable bonds is 2. The van der Waals surface area contributed by atoms with Gasteiger partial charge in [0.05, 0.1) is 19.9 Å². The van der Waals surface area contributed by atoms with Crippen LogP contribution in [0.15, 0.2) is 28.7 Å². The number of nitrogens with zero attached hydrogens (tertiary/aromatic N) is 1. The molecule has 1 unspecified atom stereocenters. The van der Waals surface area contributed by atoms with Gasteiger partial charge in [0.1, 0.15) is 5.92 Å². The number of esters is 1. The van der Waals surface area contributed by atoms with E-state index >= 15 is 0 Å². The van der Waals surface area contributed by atoms with Gasteiger partial charge in [-0.3, -0.25) is 4.79 Å². The Labute approximate surface area is 91.2 Å². The molecule has 0 bridgehead atoms. The number of amides is 1. The van der Waals surface area contributed by atoms with Crippen LogP contribution in [0.5, 0.6) is 0 Å². The summed E-state index contributed by atoms with van der Waals surface area (Å²) in [6.07, 6.45) is 2.09. The predicted octanol–water partition coefficient (Wildman–Crippen LogP) is 0.795. The molecule has 84 valence electrons. The Balaban J connectivity index is 2.44. The Kier molecular flexibility index (Phi) is 2.47. The maximum absolute atomic E-state index is 11.4. The van der Waals surface area contributed by atoms with Gasteiger partial charge in [0.15, 0.2) is 11.5 Å². The molecule has 0 spiro atoms. The smallest absolute Gasteiger partial charge is 0.441 e. The number of methoxy groups -OCH3 is 2. The Bertz CT molecular complexity index is 446. The minimum atomic E-state index is -0.905. The Morgan fingerprint density at radius 3 is 2.56 bits per heavy atom. The SMILES string of the molecule is COC1=CC2=NC(=O)OC(=O)C2C=C1OC. The summed E-state index contributed by atoms with van der Waals surface area (Å²) in [6, 6.07) is 0. The van der Waals surface area contributed by atoms with Crippen LogP contribution < -0.4 is 0 Å². The van der Waals surface area contributed by atoms with Crippen molar-refractivity contribution in [3.8, 4) is 0 Å². The summed E-state index contributed by atoms with van der Waals surface area (Å²) in [7, 11) is 2.92. The zero-order valence-electron chi connectivity index (χ0n) is 8.72. The van der Waals surface area contributed by atoms with Crippen LogP contribution in [-0.4, -0.2) is 32.0 Å². The molecule has 0 saturated heterocycles. The fourth-order valence-electron chi connectivity index (χ4n) is 1.51. The van der Waals surface area contributed by atoms with Gasteiger partial charge in [0.25, 0.3) is 0 Å². The van der Waals surface area contributed by atoms with Gasteiger partial charge in [-0.15, -0.1) is 0 Å². The molecule has 1 aliphatic heterocycles. The van der Waals surface area contributed by atoms with Crippen LogP contribution in [0.1, 0.15) is 0 Å². The van der Waals surface area contributed by atoms with Gasteiger partial charge in [0.2, 0.25) is 0 Å². The highest BCUT2D eigenvalue weighted by atomic mass is 16.6. The molecule has 1 heterocycles. The molecule has 0 aromatic carbocycles. The summed E-state index contributed by atoms with van der Waals surface area (Å²) in [6.45, 7) is 0. The Hall–Kier alpha value is -2.11. The molecule has 16 heavy (non-hydrogen) atoms. The van der Waals surface area contributed by atoms with E-state index in [1.807, 2.05) is 0 Å². The molecule has 2 aliphatic rings. The molecule has 1 aliphatic carbocycles. The summed E-state index contributed by atoms with van der Waals surface area (Å²) in [5.41, 5.74) is 0.305. The Morgan fingerprint density at radius 2 is 1.94 bits per heavy atom. The molecule has 1 atom stereocenters. The van der Waals surface area contributed by atoms with Crippen molar-refractivity contribution in [2.24, 2.45) is 10.9 Å². The lowest BCUT2D eigenvalue weighted by atomic mass is 9.96. The van der Waals surface area contributed by atoms with Crippen molar-refractivity contribution in [2.75, 3.05) is 14.2 Å². The maximum atomic E-state index is 11.4. The van der Waals surface area contributed by atoms with Crippen molar-refractivity contribution in [3.05, 3.63) is 23.7 Å². The van der Waals surface area contributed by atoms with E-state index in [4.69, 9.17) is 9.47 Å². The summed E-state index contributed by atoms with van der Waals surface area (Å²) >= 11 is 0. The van der Waals surface area contributed by atoms with E-state index in [0.29, 0.717) is 17.2 Å². The lowest BCUT2D eigenvalue weighted by molar-refractivity contribution is -0.138. The van der Waals surface area contributed by atoms with Crippen LogP contribution in [0.25, 0.3) is 0 Å². The molecule has 0 aromatic heterocycles. The number of cyclic esters (lactones) is 2. The number of aliphatic imine (C=N–C) groups is 1. The molecule has 2 rings (SSSR count). The van der Waals surface area contributed by atoms with E-state index < -0.39 is 18.0 Å². The number of hydrogen-bond acceptors (Lipinski definition) is 5. The third kappa shape index (κ3) is 1.58. The first-order valence-corrected chi connectivity index (χ1v) is 4.52. The van der Waals surface area contributed by atoms with E-state index in [-0.39, 0.29) is 0 Å². The topological polar surface area (TPSA) is 74.2 Å². The van der Waals surface area contributed by atoms with Crippen LogP contribution in [0.4, 0.5) is 4.79 Å². The van der Waals surface area contributed by atoms with Gasteiger partial charge in [-0.25, -0.2) is 4.79 Å². The van der Waals surface area contributed by atoms with Gasteiger partial charge in [-0.05, 0) is 6.08 Å². The zero-order valence-corrected chi connectivity index (χ0v) is 8.72. The van der Waals surface area contributed by atoms with Crippen LogP contribution in [0.3, 0.4) is 0 Å². The maximum Gasteiger partial charge on any atom is 0.441 e. The van der Waals surface area contributed by atoms with Crippen molar-refractivity contribution in [2.45, 2.75) is 0 Å². The normalized spacial score (nSPS) is 23.6. The van der Waals surface area contributed by atoms with Crippen molar-refractivity contribution in [3.63, 3.8) is 0 Å². The minimum absolute atomic E-state index is 0.305. The number of ether oxygens (including phenoxy) is 3. The van der Waals surface area contributed by atoms with Crippen LogP contribution in [-0.2, 0) is 19.0 Å². The van der Waals surface area contributed by atoms with E-state index in [0.717, 1.165) is 0 Å². The van der Waals surface area contributed by atoms with Gasteiger partial charge < -0.3 is 14.2 Å². The fraction of sp³-hybridized carbons (Fsp3) is 0.300. The third-order valence-corrected chi connectivity index (χ3v) is 2.26. The number of hydrogen-bond donors (Lipinski definition) is 0. The number of allylic oxidation sites excluding steroid dienone is 1. The van der Waals surface area contributed by atoms with Crippen LogP contribution >= 0.6 is 0 Å². The molecule has 6 heteroatoms. The molecule has 0 aromatic rings. The minimum Gasteiger partial charge on any atom is -0.493 e. The fourth-order valence-corrected chi connectivity index (χ4v) is 1.51. The van der Waals surface area contributed by atoms with E-state index in [2.05, 4.69) is 9.73 Å². The number of fused-ring (bicyclic) bond motifs is 1. The highest BCUT2D eigenvalue weighted by Gasteiger charge is 2.34. The largest absolute Gasteiger partial charge is 0.493 e. The summed E-state index contributed by atoms with van der Waals surface area (Å²) < 4.78 is 14.5. The highest BCUT2D eigenvalue weighted by molar-refractivity contribution is 6.18. The standard InChI is InChI=1S/C10H9NO5/c1-14-7-3-5-6(4-8(7)15-2)11-10(13)16-9(5)12/h3-5H,1-2H3. The highest BCUT2D eigenvalue weighted by Crippen LogP contribution is 2.25. The van der Waals surface area contributed by atoms with E-state index in [1.165, 1.54) is 26.4 Å². The second-order valence-electron chi connectivity index (χ2n) is 3.15. The van der Waals surface area contributed by atoms with Gasteiger partial charge >= 0.3 is 12.1 Å². The average Bonchev–Trinajstić information content (AvgIpc) is 2.27. The van der Waals surface area contributed by atoms with E-state index in [1.54, 1.807) is 0 Å².